The van der Waals surface area contributed by atoms with Crippen molar-refractivity contribution in [2.24, 2.45) is 11.7 Å². The number of nitrogens with one attached hydrogen (secondary N) is 3. The molecule has 51 heavy (non-hydrogen) atoms. The van der Waals surface area contributed by atoms with Crippen molar-refractivity contribution in [1.29, 1.82) is 0 Å². The van der Waals surface area contributed by atoms with Crippen molar-refractivity contribution >= 4 is 21.7 Å². The molecule has 0 saturated carbocycles. The highest BCUT2D eigenvalue weighted by Crippen LogP contribution is 2.22. The van der Waals surface area contributed by atoms with Crippen LogP contribution in [0.4, 0.5) is 0 Å². The van der Waals surface area contributed by atoms with Gasteiger partial charge < -0.3 is 11.1 Å². The molecule has 0 bridgehead atoms. The first-order valence-electron chi connectivity index (χ1n) is 17.3. The van der Waals surface area contributed by atoms with Gasteiger partial charge in [0, 0.05) is 18.5 Å². The third-order valence-electron chi connectivity index (χ3n) is 8.35. The van der Waals surface area contributed by atoms with Gasteiger partial charge in [-0.05, 0) is 72.9 Å². The molecule has 0 aliphatic heterocycles. The van der Waals surface area contributed by atoms with Crippen molar-refractivity contribution in [3.63, 3.8) is 0 Å². The maximum atomic E-state index is 12.6. The first-order valence-corrected chi connectivity index (χ1v) is 18.8. The number of hydrogen-bond donors (Lipinski definition) is 5. The zero-order valence-corrected chi connectivity index (χ0v) is 31.1. The van der Waals surface area contributed by atoms with Crippen LogP contribution in [-0.2, 0) is 26.2 Å². The molecule has 11 heteroatoms. The summed E-state index contributed by atoms with van der Waals surface area (Å²) < 4.78 is 27.7. The van der Waals surface area contributed by atoms with Gasteiger partial charge in [-0.25, -0.2) is 18.6 Å². The quantitative estimate of drug-likeness (QED) is 0.0698. The molecule has 4 aromatic rings. The summed E-state index contributed by atoms with van der Waals surface area (Å²) in [6, 6.07) is 34.1. The number of carbonyl (C=O) groups excluding carboxylic acids is 2. The van der Waals surface area contributed by atoms with E-state index in [9.17, 15) is 18.0 Å². The minimum absolute atomic E-state index is 0.130. The molecular weight excluding hydrogens is 663 g/mol. The summed E-state index contributed by atoms with van der Waals surface area (Å²) in [5.41, 5.74) is 12.7. The monoisotopic (exact) mass is 715 g/mol. The van der Waals surface area contributed by atoms with Crippen molar-refractivity contribution in [2.75, 3.05) is 20.1 Å². The molecule has 6 N–H and O–H groups in total. The first kappa shape index (κ1) is 41.2. The van der Waals surface area contributed by atoms with Crippen molar-refractivity contribution < 1.29 is 23.2 Å². The summed E-state index contributed by atoms with van der Waals surface area (Å²) >= 11 is 0. The zero-order valence-electron chi connectivity index (χ0n) is 30.3. The van der Waals surface area contributed by atoms with E-state index in [0.29, 0.717) is 25.6 Å². The number of hydroxylamine groups is 1. The molecule has 0 spiro atoms. The average Bonchev–Trinajstić information content (AvgIpc) is 3.13. The predicted molar refractivity (Wildman–Crippen MR) is 204 cm³/mol. The molecule has 2 atom stereocenters. The first-order chi connectivity index (χ1) is 24.4. The van der Waals surface area contributed by atoms with Crippen LogP contribution in [0.15, 0.2) is 114 Å². The lowest BCUT2D eigenvalue weighted by molar-refractivity contribution is -0.134. The van der Waals surface area contributed by atoms with Crippen LogP contribution in [0.5, 0.6) is 0 Å². The summed E-state index contributed by atoms with van der Waals surface area (Å²) in [6.07, 6.45) is 0.904. The number of nitrogens with zero attached hydrogens (tertiary/aromatic N) is 1. The highest BCUT2D eigenvalue weighted by Gasteiger charge is 2.27. The molecule has 0 aliphatic rings. The third-order valence-corrected chi connectivity index (χ3v) is 9.83. The van der Waals surface area contributed by atoms with E-state index in [2.05, 4.69) is 60.3 Å². The summed E-state index contributed by atoms with van der Waals surface area (Å²) in [4.78, 5) is 26.3. The van der Waals surface area contributed by atoms with Crippen molar-refractivity contribution in [3.05, 3.63) is 115 Å². The third kappa shape index (κ3) is 13.1. The Morgan fingerprint density at radius 3 is 1.69 bits per heavy atom. The molecular formula is C40H53N5O5S. The largest absolute Gasteiger partial charge is 0.330 e. The number of nitrogens with two attached hydrogens (primary N) is 1. The number of Topliss-reactive ketones (excluding diaryl/α,β-unsaturated/α-hetero) is 1. The molecule has 2 unspecified atom stereocenters. The molecule has 10 nitrogen and oxygen atoms in total. The second-order valence-electron chi connectivity index (χ2n) is 13.1. The van der Waals surface area contributed by atoms with Gasteiger partial charge in [0.1, 0.15) is 0 Å². The fourth-order valence-electron chi connectivity index (χ4n) is 5.51. The van der Waals surface area contributed by atoms with E-state index in [1.165, 1.54) is 11.1 Å². The van der Waals surface area contributed by atoms with Gasteiger partial charge in [0.15, 0.2) is 5.78 Å². The summed E-state index contributed by atoms with van der Waals surface area (Å²) in [7, 11) is -1.88. The maximum Gasteiger partial charge on any atom is 0.260 e. The van der Waals surface area contributed by atoms with Gasteiger partial charge in [-0.3, -0.25) is 19.7 Å². The van der Waals surface area contributed by atoms with E-state index in [1.807, 2.05) is 60.5 Å². The molecule has 4 aromatic carbocycles. The van der Waals surface area contributed by atoms with E-state index in [4.69, 9.17) is 10.9 Å². The number of rotatable bonds is 17. The fraction of sp³-hybridized carbons (Fsp3) is 0.350. The lowest BCUT2D eigenvalue weighted by atomic mass is 10.0. The minimum atomic E-state index is -3.79. The molecule has 274 valence electrons. The van der Waals surface area contributed by atoms with Crippen LogP contribution in [0, 0.1) is 5.92 Å². The fourth-order valence-corrected chi connectivity index (χ4v) is 6.75. The standard InChI is InChI=1S/C21H29N3O2.C19H24N2O3S/c1-16(2)22-14-13-20(21(25)23-26)24(3)15-17-9-11-19(12-10-17)18-7-5-4-6-8-18;1-14(2)19(22)18(12-13-20)21-25(23,24)17-10-8-16(9-11-17)15-6-4-3-5-7-15/h4-12,16,20,22,26H,13-15H2,1-3H3,(H,23,25);3-11,14,18,21H,12-13,20H2,1-2H3. The van der Waals surface area contributed by atoms with Gasteiger partial charge in [-0.2, -0.15) is 0 Å². The number of carbonyl (C=O) groups is 2. The van der Waals surface area contributed by atoms with Crippen molar-refractivity contribution in [3.8, 4) is 22.3 Å². The van der Waals surface area contributed by atoms with E-state index in [-0.39, 0.29) is 41.5 Å². The molecule has 0 fully saturated rings. The van der Waals surface area contributed by atoms with Gasteiger partial charge in [0.05, 0.1) is 17.0 Å². The second-order valence-corrected chi connectivity index (χ2v) is 14.8. The lowest BCUT2D eigenvalue weighted by Crippen LogP contribution is -2.45. The second kappa shape index (κ2) is 20.6. The van der Waals surface area contributed by atoms with Crippen LogP contribution in [0.25, 0.3) is 22.3 Å². The molecule has 0 aromatic heterocycles. The predicted octanol–water partition coefficient (Wildman–Crippen LogP) is 5.62. The number of hydrogen-bond acceptors (Lipinski definition) is 8. The zero-order chi connectivity index (χ0) is 37.4. The molecule has 0 saturated heterocycles. The smallest absolute Gasteiger partial charge is 0.260 e. The molecule has 0 aliphatic carbocycles. The molecule has 0 radical (unpaired) electrons. The molecule has 4 rings (SSSR count). The number of amides is 1. The highest BCUT2D eigenvalue weighted by molar-refractivity contribution is 7.89. The minimum Gasteiger partial charge on any atom is -0.330 e. The number of likely N-dealkylation sites (N-methyl/N-ethyl adjacent to an activating group) is 1. The van der Waals surface area contributed by atoms with Crippen LogP contribution < -0.4 is 21.3 Å². The Balaban J connectivity index is 0.000000276. The van der Waals surface area contributed by atoms with Gasteiger partial charge in [0.25, 0.3) is 5.91 Å². The Labute approximate surface area is 303 Å². The Bertz CT molecular complexity index is 1730. The van der Waals surface area contributed by atoms with Crippen molar-refractivity contribution in [2.45, 2.75) is 70.1 Å². The summed E-state index contributed by atoms with van der Waals surface area (Å²) in [6.45, 7) is 9.21. The number of ketones is 1. The van der Waals surface area contributed by atoms with Gasteiger partial charge >= 0.3 is 0 Å². The van der Waals surface area contributed by atoms with Crippen LogP contribution in [0.3, 0.4) is 0 Å². The number of benzene rings is 4. The Morgan fingerprint density at radius 2 is 1.24 bits per heavy atom. The Kier molecular flexibility index (Phi) is 16.6. The van der Waals surface area contributed by atoms with Gasteiger partial charge in [0.2, 0.25) is 10.0 Å². The average molecular weight is 716 g/mol. The van der Waals surface area contributed by atoms with Crippen LogP contribution in [0.1, 0.15) is 46.1 Å². The molecule has 1 amide bonds. The Morgan fingerprint density at radius 1 is 0.745 bits per heavy atom. The van der Waals surface area contributed by atoms with Crippen LogP contribution >= 0.6 is 0 Å². The highest BCUT2D eigenvalue weighted by atomic mass is 32.2. The van der Waals surface area contributed by atoms with E-state index in [0.717, 1.165) is 16.7 Å². The van der Waals surface area contributed by atoms with E-state index >= 15 is 0 Å². The normalized spacial score (nSPS) is 12.7. The SMILES string of the molecule is CC(C)C(=O)C(CCN)NS(=O)(=O)c1ccc(-c2ccccc2)cc1.CC(C)NCCC(C(=O)NO)N(C)Cc1ccc(-c2ccccc2)cc1. The Hall–Kier alpha value is -4.23. The topological polar surface area (TPSA) is 154 Å². The summed E-state index contributed by atoms with van der Waals surface area (Å²) in [5.74, 6) is -0.798. The van der Waals surface area contributed by atoms with Crippen LogP contribution in [-0.4, -0.2) is 68.5 Å². The van der Waals surface area contributed by atoms with E-state index < -0.39 is 16.1 Å². The summed E-state index contributed by atoms with van der Waals surface area (Å²) in [5, 5.41) is 12.4. The van der Waals surface area contributed by atoms with Crippen molar-refractivity contribution in [1.82, 2.24) is 20.4 Å². The van der Waals surface area contributed by atoms with Crippen LogP contribution in [0.2, 0.25) is 0 Å². The van der Waals surface area contributed by atoms with Gasteiger partial charge in [-0.1, -0.05) is 125 Å². The number of sulfonamides is 1. The molecule has 0 heterocycles. The lowest BCUT2D eigenvalue weighted by Gasteiger charge is -2.27. The van der Waals surface area contributed by atoms with Gasteiger partial charge in [-0.15, -0.1) is 0 Å². The van der Waals surface area contributed by atoms with E-state index in [1.54, 1.807) is 43.6 Å². The maximum absolute atomic E-state index is 12.6.